The number of carbonyl (C=O) groups excluding carboxylic acids is 4. The first-order chi connectivity index (χ1) is 20.4. The van der Waals surface area contributed by atoms with Gasteiger partial charge in [0.25, 0.3) is 17.7 Å². The monoisotopic (exact) mass is 612 g/mol. The van der Waals surface area contributed by atoms with Gasteiger partial charge in [-0.3, -0.25) is 19.2 Å². The number of methoxy groups -OCH3 is 1. The van der Waals surface area contributed by atoms with Crippen LogP contribution in [0.4, 0.5) is 8.78 Å². The maximum Gasteiger partial charge on any atom is 0.255 e. The van der Waals surface area contributed by atoms with Gasteiger partial charge >= 0.3 is 0 Å². The summed E-state index contributed by atoms with van der Waals surface area (Å²) in [4.78, 5) is 54.4. The third kappa shape index (κ3) is 6.23. The molecule has 4 rings (SSSR count). The molecular weight excluding hydrogens is 582 g/mol. The Balaban J connectivity index is 1.81. The van der Waals surface area contributed by atoms with Gasteiger partial charge in [0.1, 0.15) is 5.82 Å². The molecule has 1 aliphatic heterocycles. The number of nitrogens with zero attached hydrogens (tertiary/aromatic N) is 2. The van der Waals surface area contributed by atoms with Crippen LogP contribution in [0, 0.1) is 5.82 Å². The Morgan fingerprint density at radius 3 is 2.23 bits per heavy atom. The molecule has 1 unspecified atom stereocenters. The van der Waals surface area contributed by atoms with E-state index in [4.69, 9.17) is 16.3 Å². The van der Waals surface area contributed by atoms with E-state index >= 15 is 4.39 Å². The van der Waals surface area contributed by atoms with E-state index in [1.807, 2.05) is 0 Å². The first-order valence-corrected chi connectivity index (χ1v) is 13.8. The van der Waals surface area contributed by atoms with E-state index in [-0.39, 0.29) is 53.7 Å². The highest BCUT2D eigenvalue weighted by Crippen LogP contribution is 2.48. The second-order valence-corrected chi connectivity index (χ2v) is 10.7. The quantitative estimate of drug-likeness (QED) is 0.366. The van der Waals surface area contributed by atoms with Gasteiger partial charge in [-0.2, -0.15) is 0 Å². The molecule has 12 heteroatoms. The minimum Gasteiger partial charge on any atom is -0.358 e. The van der Waals surface area contributed by atoms with Crippen molar-refractivity contribution in [1.29, 1.82) is 0 Å². The molecule has 0 radical (unpaired) electrons. The number of benzene rings is 2. The minimum absolute atomic E-state index is 0.0755. The van der Waals surface area contributed by atoms with Crippen LogP contribution >= 0.6 is 11.6 Å². The van der Waals surface area contributed by atoms with Gasteiger partial charge in [0.05, 0.1) is 5.70 Å². The number of nitrogens with one attached hydrogen (secondary N) is 2. The summed E-state index contributed by atoms with van der Waals surface area (Å²) in [5.41, 5.74) is -0.879. The van der Waals surface area contributed by atoms with Crippen LogP contribution in [-0.4, -0.2) is 78.3 Å². The Kier molecular flexibility index (Phi) is 9.46. The molecule has 0 bridgehead atoms. The summed E-state index contributed by atoms with van der Waals surface area (Å²) in [5.74, 6) is -3.97. The topological polar surface area (TPSA) is 108 Å². The van der Waals surface area contributed by atoms with Crippen LogP contribution in [0.25, 0.3) is 5.57 Å². The van der Waals surface area contributed by atoms with Crippen molar-refractivity contribution in [3.05, 3.63) is 101 Å². The number of alkyl halides is 1. The lowest BCUT2D eigenvalue weighted by atomic mass is 9.86. The second-order valence-electron chi connectivity index (χ2n) is 10.1. The molecule has 0 aromatic heterocycles. The van der Waals surface area contributed by atoms with Gasteiger partial charge in [-0.1, -0.05) is 36.4 Å². The molecular formula is C31H31ClF2N4O5. The first-order valence-electron chi connectivity index (χ1n) is 13.4. The Hall–Kier alpha value is -4.35. The van der Waals surface area contributed by atoms with Crippen LogP contribution in [-0.2, 0) is 14.3 Å². The zero-order chi connectivity index (χ0) is 31.5. The lowest BCUT2D eigenvalue weighted by Gasteiger charge is -2.42. The average Bonchev–Trinajstić information content (AvgIpc) is 3.02. The summed E-state index contributed by atoms with van der Waals surface area (Å²) in [6.45, 7) is 5.77. The summed E-state index contributed by atoms with van der Waals surface area (Å²) in [6, 6.07) is 10.5. The molecule has 2 aliphatic rings. The molecule has 1 saturated heterocycles. The summed E-state index contributed by atoms with van der Waals surface area (Å²) in [6.07, 6.45) is 0.776. The standard InChI is InChI=1S/C31H31ClF2N4O5/c1-5-24(39)37-14-15-38(18(2)17-37)30(42)22-16-31(32,43-4)25(21-8-6-7-9-23(21)33)26(34)27(22)36-29(41)20-12-10-19(11-13-20)28(40)35-3/h5-13,18H,1,14-17H2,2-4H3,(H,35,40)(H,36,41)/t18-,31?/m0/s1. The lowest BCUT2D eigenvalue weighted by molar-refractivity contribution is -0.137. The van der Waals surface area contributed by atoms with Gasteiger partial charge in [0, 0.05) is 74.1 Å². The van der Waals surface area contributed by atoms with Crippen molar-refractivity contribution in [1.82, 2.24) is 20.4 Å². The van der Waals surface area contributed by atoms with E-state index in [0.717, 1.165) is 6.07 Å². The molecule has 2 atom stereocenters. The lowest BCUT2D eigenvalue weighted by Crippen LogP contribution is -2.56. The highest BCUT2D eigenvalue weighted by atomic mass is 35.5. The van der Waals surface area contributed by atoms with Crippen molar-refractivity contribution in [3.8, 4) is 0 Å². The third-order valence-electron chi connectivity index (χ3n) is 7.49. The first kappa shape index (κ1) is 31.6. The number of allylic oxidation sites excluding steroid dienone is 1. The molecule has 1 fully saturated rings. The number of carbonyl (C=O) groups is 4. The molecule has 1 heterocycles. The van der Waals surface area contributed by atoms with Gasteiger partial charge < -0.3 is 25.2 Å². The Morgan fingerprint density at radius 2 is 1.67 bits per heavy atom. The fourth-order valence-electron chi connectivity index (χ4n) is 5.16. The molecule has 226 valence electrons. The highest BCUT2D eigenvalue weighted by Gasteiger charge is 2.46. The number of rotatable bonds is 7. The number of halogens is 3. The predicted octanol–water partition coefficient (Wildman–Crippen LogP) is 3.78. The van der Waals surface area contributed by atoms with Gasteiger partial charge in [-0.25, -0.2) is 8.78 Å². The van der Waals surface area contributed by atoms with Crippen molar-refractivity contribution in [2.45, 2.75) is 24.4 Å². The number of piperazine rings is 1. The number of hydrogen-bond donors (Lipinski definition) is 2. The third-order valence-corrected chi connectivity index (χ3v) is 7.97. The molecule has 0 saturated carbocycles. The van der Waals surface area contributed by atoms with Crippen LogP contribution in [0.15, 0.2) is 78.3 Å². The summed E-state index contributed by atoms with van der Waals surface area (Å²) in [5, 5.41) is 2.98. The zero-order valence-corrected chi connectivity index (χ0v) is 24.6. The second kappa shape index (κ2) is 12.9. The van der Waals surface area contributed by atoms with E-state index in [1.54, 1.807) is 11.8 Å². The SMILES string of the molecule is C=CC(=O)N1CCN(C(=O)C2=C(NC(=O)c3ccc(C(=O)NC)cc3)C(F)=C(c3ccccc3F)C(Cl)(OC)C2)[C@@H](C)C1. The molecule has 2 aromatic carbocycles. The minimum atomic E-state index is -2.00. The maximum absolute atomic E-state index is 16.6. The molecule has 2 aromatic rings. The Morgan fingerprint density at radius 1 is 1.05 bits per heavy atom. The van der Waals surface area contributed by atoms with E-state index in [9.17, 15) is 23.6 Å². The molecule has 9 nitrogen and oxygen atoms in total. The molecule has 4 amide bonds. The molecule has 1 aliphatic carbocycles. The number of ether oxygens (including phenoxy) is 1. The number of amides is 4. The smallest absolute Gasteiger partial charge is 0.255 e. The normalized spacial score (nSPS) is 20.6. The summed E-state index contributed by atoms with van der Waals surface area (Å²) < 4.78 is 37.1. The number of hydrogen-bond acceptors (Lipinski definition) is 5. The molecule has 2 N–H and O–H groups in total. The Bertz CT molecular complexity index is 1540. The fraction of sp³-hybridized carbons (Fsp3) is 0.290. The van der Waals surface area contributed by atoms with Crippen LogP contribution in [0.1, 0.15) is 39.6 Å². The van der Waals surface area contributed by atoms with Crippen LogP contribution in [0.5, 0.6) is 0 Å². The molecule has 0 spiro atoms. The van der Waals surface area contributed by atoms with Gasteiger partial charge in [0.15, 0.2) is 10.9 Å². The summed E-state index contributed by atoms with van der Waals surface area (Å²) in [7, 11) is 2.68. The van der Waals surface area contributed by atoms with Crippen LogP contribution < -0.4 is 10.6 Å². The van der Waals surface area contributed by atoms with Crippen molar-refractivity contribution in [3.63, 3.8) is 0 Å². The average molecular weight is 613 g/mol. The van der Waals surface area contributed by atoms with E-state index in [2.05, 4.69) is 17.2 Å². The van der Waals surface area contributed by atoms with E-state index < -0.39 is 46.7 Å². The van der Waals surface area contributed by atoms with Crippen molar-refractivity contribution in [2.75, 3.05) is 33.8 Å². The van der Waals surface area contributed by atoms with Crippen LogP contribution in [0.3, 0.4) is 0 Å². The largest absolute Gasteiger partial charge is 0.358 e. The predicted molar refractivity (Wildman–Crippen MR) is 157 cm³/mol. The van der Waals surface area contributed by atoms with E-state index in [1.165, 1.54) is 67.6 Å². The summed E-state index contributed by atoms with van der Waals surface area (Å²) >= 11 is 6.80. The highest BCUT2D eigenvalue weighted by molar-refractivity contribution is 6.30. The van der Waals surface area contributed by atoms with Gasteiger partial charge in [0.2, 0.25) is 5.91 Å². The molecule has 43 heavy (non-hydrogen) atoms. The van der Waals surface area contributed by atoms with E-state index in [0.29, 0.717) is 5.56 Å². The van der Waals surface area contributed by atoms with Crippen molar-refractivity contribution < 1.29 is 32.7 Å². The van der Waals surface area contributed by atoms with Gasteiger partial charge in [-0.05, 0) is 43.3 Å². The van der Waals surface area contributed by atoms with Crippen molar-refractivity contribution in [2.24, 2.45) is 0 Å². The van der Waals surface area contributed by atoms with Crippen LogP contribution in [0.2, 0.25) is 0 Å². The maximum atomic E-state index is 16.6. The van der Waals surface area contributed by atoms with Crippen molar-refractivity contribution >= 4 is 40.8 Å². The van der Waals surface area contributed by atoms with Gasteiger partial charge in [-0.15, -0.1) is 0 Å². The fourth-order valence-corrected chi connectivity index (χ4v) is 5.48. The zero-order valence-electron chi connectivity index (χ0n) is 23.9. The Labute approximate surface area is 252 Å².